The molecule has 4 N–H and O–H groups in total. The van der Waals surface area contributed by atoms with Crippen molar-refractivity contribution < 1.29 is 9.53 Å². The number of benzene rings is 2. The lowest BCUT2D eigenvalue weighted by molar-refractivity contribution is 0.0998. The van der Waals surface area contributed by atoms with Crippen LogP contribution >= 0.6 is 0 Å². The van der Waals surface area contributed by atoms with Crippen molar-refractivity contribution in [3.8, 4) is 11.5 Å². The van der Waals surface area contributed by atoms with Gasteiger partial charge >= 0.3 is 0 Å². The molecule has 0 spiro atoms. The molecule has 0 aliphatic heterocycles. The second-order valence-corrected chi connectivity index (χ2v) is 4.18. The first-order valence-corrected chi connectivity index (χ1v) is 6.07. The molecular formula is C15H16N2O2. The Labute approximate surface area is 112 Å². The number of aryl methyl sites for hydroxylation is 1. The number of anilines is 1. The number of amides is 1. The molecule has 0 saturated carbocycles. The van der Waals surface area contributed by atoms with Gasteiger partial charge in [0.05, 0.1) is 5.56 Å². The van der Waals surface area contributed by atoms with Gasteiger partial charge in [-0.3, -0.25) is 4.79 Å². The van der Waals surface area contributed by atoms with E-state index in [1.54, 1.807) is 12.1 Å². The molecule has 19 heavy (non-hydrogen) atoms. The summed E-state index contributed by atoms with van der Waals surface area (Å²) in [6.45, 7) is 2.04. The van der Waals surface area contributed by atoms with E-state index in [1.165, 1.54) is 6.07 Å². The van der Waals surface area contributed by atoms with Crippen LogP contribution in [0.1, 0.15) is 22.8 Å². The summed E-state index contributed by atoms with van der Waals surface area (Å²) in [5.41, 5.74) is 12.8. The van der Waals surface area contributed by atoms with Crippen molar-refractivity contribution in [1.29, 1.82) is 0 Å². The summed E-state index contributed by atoms with van der Waals surface area (Å²) in [7, 11) is 0. The van der Waals surface area contributed by atoms with Crippen molar-refractivity contribution >= 4 is 11.6 Å². The summed E-state index contributed by atoms with van der Waals surface area (Å²) < 4.78 is 5.79. The number of ether oxygens (including phenoxy) is 1. The third kappa shape index (κ3) is 2.85. The van der Waals surface area contributed by atoms with E-state index >= 15 is 0 Å². The number of rotatable bonds is 4. The Morgan fingerprint density at radius 1 is 1.16 bits per heavy atom. The van der Waals surface area contributed by atoms with Gasteiger partial charge < -0.3 is 16.2 Å². The molecule has 0 heterocycles. The van der Waals surface area contributed by atoms with Crippen molar-refractivity contribution in [2.24, 2.45) is 5.73 Å². The molecule has 2 aromatic carbocycles. The number of carbonyl (C=O) groups is 1. The normalized spacial score (nSPS) is 10.2. The Bertz CT molecular complexity index is 609. The van der Waals surface area contributed by atoms with Crippen LogP contribution in [0.2, 0.25) is 0 Å². The molecule has 2 aromatic rings. The minimum Gasteiger partial charge on any atom is -0.456 e. The highest BCUT2D eigenvalue weighted by Gasteiger charge is 2.12. The van der Waals surface area contributed by atoms with Crippen LogP contribution in [0.15, 0.2) is 42.5 Å². The zero-order valence-corrected chi connectivity index (χ0v) is 10.7. The van der Waals surface area contributed by atoms with E-state index in [0.29, 0.717) is 11.4 Å². The van der Waals surface area contributed by atoms with Gasteiger partial charge in [-0.25, -0.2) is 0 Å². The lowest BCUT2D eigenvalue weighted by Gasteiger charge is -2.12. The number of hydrogen-bond donors (Lipinski definition) is 2. The minimum absolute atomic E-state index is 0.283. The smallest absolute Gasteiger partial charge is 0.252 e. The molecule has 0 atom stereocenters. The van der Waals surface area contributed by atoms with Crippen molar-refractivity contribution in [3.05, 3.63) is 53.6 Å². The molecule has 4 nitrogen and oxygen atoms in total. The molecule has 0 aliphatic carbocycles. The van der Waals surface area contributed by atoms with Crippen molar-refractivity contribution in [1.82, 2.24) is 0 Å². The van der Waals surface area contributed by atoms with Gasteiger partial charge in [-0.05, 0) is 36.2 Å². The van der Waals surface area contributed by atoms with Gasteiger partial charge in [0.2, 0.25) is 0 Å². The third-order valence-corrected chi connectivity index (χ3v) is 2.84. The quantitative estimate of drug-likeness (QED) is 0.825. The summed E-state index contributed by atoms with van der Waals surface area (Å²) in [5, 5.41) is 0. The molecule has 0 unspecified atom stereocenters. The predicted octanol–water partition coefficient (Wildman–Crippen LogP) is 2.72. The van der Waals surface area contributed by atoms with Crippen LogP contribution in [0, 0.1) is 0 Å². The van der Waals surface area contributed by atoms with E-state index < -0.39 is 5.91 Å². The average molecular weight is 256 g/mol. The zero-order chi connectivity index (χ0) is 13.8. The number of primary amides is 1. The Balaban J connectivity index is 2.41. The van der Waals surface area contributed by atoms with Crippen LogP contribution in [-0.2, 0) is 6.42 Å². The summed E-state index contributed by atoms with van der Waals surface area (Å²) in [6.07, 6.45) is 0.844. The van der Waals surface area contributed by atoms with E-state index in [0.717, 1.165) is 17.7 Å². The maximum Gasteiger partial charge on any atom is 0.252 e. The van der Waals surface area contributed by atoms with Gasteiger partial charge in [-0.1, -0.05) is 25.1 Å². The fourth-order valence-electron chi connectivity index (χ4n) is 1.84. The van der Waals surface area contributed by atoms with Crippen LogP contribution in [0.25, 0.3) is 0 Å². The highest BCUT2D eigenvalue weighted by Crippen LogP contribution is 2.29. The number of carbonyl (C=O) groups excluding carboxylic acids is 1. The number of nitrogen functional groups attached to an aromatic ring is 1. The second kappa shape index (κ2) is 5.44. The van der Waals surface area contributed by atoms with Crippen LogP contribution < -0.4 is 16.2 Å². The number of hydrogen-bond acceptors (Lipinski definition) is 3. The fourth-order valence-corrected chi connectivity index (χ4v) is 1.84. The largest absolute Gasteiger partial charge is 0.456 e. The number of para-hydroxylation sites is 1. The molecule has 0 radical (unpaired) electrons. The number of nitrogens with two attached hydrogens (primary N) is 2. The Hall–Kier alpha value is -2.49. The standard InChI is InChI=1S/C15H16N2O2/c1-2-10-5-3-4-6-13(10)19-14-8-7-11(16)9-12(14)15(17)18/h3-9H,2,16H2,1H3,(H2,17,18). The molecule has 4 heteroatoms. The lowest BCUT2D eigenvalue weighted by Crippen LogP contribution is -2.12. The second-order valence-electron chi connectivity index (χ2n) is 4.18. The Kier molecular flexibility index (Phi) is 3.71. The van der Waals surface area contributed by atoms with Gasteiger partial charge in [0.1, 0.15) is 11.5 Å². The molecule has 0 bridgehead atoms. The molecule has 0 saturated heterocycles. The van der Waals surface area contributed by atoms with Gasteiger partial charge in [0.15, 0.2) is 0 Å². The highest BCUT2D eigenvalue weighted by molar-refractivity contribution is 5.96. The summed E-state index contributed by atoms with van der Waals surface area (Å²) in [4.78, 5) is 11.4. The van der Waals surface area contributed by atoms with E-state index in [9.17, 15) is 4.79 Å². The van der Waals surface area contributed by atoms with Gasteiger partial charge in [0.25, 0.3) is 5.91 Å². The molecule has 1 amide bonds. The van der Waals surface area contributed by atoms with Gasteiger partial charge in [-0.15, -0.1) is 0 Å². The van der Waals surface area contributed by atoms with Crippen LogP contribution in [0.4, 0.5) is 5.69 Å². The topological polar surface area (TPSA) is 78.3 Å². The molecule has 2 rings (SSSR count). The van der Waals surface area contributed by atoms with Crippen molar-refractivity contribution in [2.45, 2.75) is 13.3 Å². The summed E-state index contributed by atoms with van der Waals surface area (Å²) in [5.74, 6) is 0.580. The maximum atomic E-state index is 11.4. The fraction of sp³-hybridized carbons (Fsp3) is 0.133. The maximum absolute atomic E-state index is 11.4. The summed E-state index contributed by atoms with van der Waals surface area (Å²) in [6, 6.07) is 12.5. The molecule has 0 aromatic heterocycles. The van der Waals surface area contributed by atoms with Gasteiger partial charge in [0, 0.05) is 5.69 Å². The highest BCUT2D eigenvalue weighted by atomic mass is 16.5. The zero-order valence-electron chi connectivity index (χ0n) is 10.7. The van der Waals surface area contributed by atoms with E-state index in [1.807, 2.05) is 31.2 Å². The first-order valence-electron chi connectivity index (χ1n) is 6.07. The van der Waals surface area contributed by atoms with Crippen LogP contribution in [0.5, 0.6) is 11.5 Å². The van der Waals surface area contributed by atoms with Crippen molar-refractivity contribution in [2.75, 3.05) is 5.73 Å². The third-order valence-electron chi connectivity index (χ3n) is 2.84. The Morgan fingerprint density at radius 3 is 2.58 bits per heavy atom. The van der Waals surface area contributed by atoms with Crippen molar-refractivity contribution in [3.63, 3.8) is 0 Å². The lowest BCUT2D eigenvalue weighted by atomic mass is 10.1. The minimum atomic E-state index is -0.559. The first-order chi connectivity index (χ1) is 9.11. The van der Waals surface area contributed by atoms with E-state index in [4.69, 9.17) is 16.2 Å². The summed E-state index contributed by atoms with van der Waals surface area (Å²) >= 11 is 0. The molecule has 98 valence electrons. The molecular weight excluding hydrogens is 240 g/mol. The monoisotopic (exact) mass is 256 g/mol. The molecule has 0 aliphatic rings. The van der Waals surface area contributed by atoms with E-state index in [-0.39, 0.29) is 5.56 Å². The average Bonchev–Trinajstić information content (AvgIpc) is 2.41. The van der Waals surface area contributed by atoms with E-state index in [2.05, 4.69) is 0 Å². The first kappa shape index (κ1) is 13.0. The van der Waals surface area contributed by atoms with Crippen LogP contribution in [0.3, 0.4) is 0 Å². The SMILES string of the molecule is CCc1ccccc1Oc1ccc(N)cc1C(N)=O. The Morgan fingerprint density at radius 2 is 1.89 bits per heavy atom. The molecule has 0 fully saturated rings. The van der Waals surface area contributed by atoms with Gasteiger partial charge in [-0.2, -0.15) is 0 Å². The predicted molar refractivity (Wildman–Crippen MR) is 75.3 cm³/mol. The van der Waals surface area contributed by atoms with Crippen LogP contribution in [-0.4, -0.2) is 5.91 Å².